The molecule has 0 radical (unpaired) electrons. The van der Waals surface area contributed by atoms with Crippen LogP contribution in [0.25, 0.3) is 11.1 Å². The molecule has 4 rings (SSSR count). The molecule has 1 saturated carbocycles. The minimum absolute atomic E-state index is 0. The van der Waals surface area contributed by atoms with Gasteiger partial charge in [0.25, 0.3) is 5.91 Å². The second kappa shape index (κ2) is 16.2. The van der Waals surface area contributed by atoms with E-state index in [2.05, 4.69) is 46.5 Å². The van der Waals surface area contributed by atoms with Gasteiger partial charge in [-0.05, 0) is 82.3 Å². The molecule has 2 atom stereocenters. The van der Waals surface area contributed by atoms with Crippen molar-refractivity contribution in [2.24, 2.45) is 5.92 Å². The van der Waals surface area contributed by atoms with Gasteiger partial charge in [0.05, 0.1) is 17.9 Å². The van der Waals surface area contributed by atoms with Crippen LogP contribution in [0.1, 0.15) is 74.5 Å². The first-order valence-electron chi connectivity index (χ1n) is 13.7. The molecule has 212 valence electrons. The molecule has 2 heterocycles. The van der Waals surface area contributed by atoms with E-state index >= 15 is 0 Å². The standard InChI is InChI=1S/C29H42N4O3.2ClH/c1-4-5-11-26-25(21-12-14-24(15-13-21)36-23-9-7-6-8-10-23)18-27(32-31-26)29(34)30-19-22-16-17-33(2)20-28(22)35-3;;/h12-15,18,22-23,28H,4-11,16-17,19-20H2,1-3H3,(H,30,34);2*1H/t22-,28-;;/m1../s1. The number of amides is 1. The molecule has 38 heavy (non-hydrogen) atoms. The SMILES string of the molecule is CCCCc1nnc(C(=O)NC[C@H]2CCN(C)C[C@H]2OC)cc1-c1ccc(OC2CCCCC2)cc1.Cl.Cl. The Balaban J connectivity index is 0.00000253. The minimum Gasteiger partial charge on any atom is -0.490 e. The Kier molecular flexibility index (Phi) is 13.8. The molecule has 2 aliphatic rings. The first-order chi connectivity index (χ1) is 17.6. The van der Waals surface area contributed by atoms with Crippen molar-refractivity contribution in [2.45, 2.75) is 76.9 Å². The summed E-state index contributed by atoms with van der Waals surface area (Å²) in [5.74, 6) is 1.02. The normalized spacial score (nSPS) is 20.2. The lowest BCUT2D eigenvalue weighted by Crippen LogP contribution is -2.47. The van der Waals surface area contributed by atoms with Crippen molar-refractivity contribution in [2.75, 3.05) is 33.8 Å². The van der Waals surface area contributed by atoms with Crippen LogP contribution in [0.2, 0.25) is 0 Å². The highest BCUT2D eigenvalue weighted by atomic mass is 35.5. The van der Waals surface area contributed by atoms with Gasteiger partial charge in [0.2, 0.25) is 0 Å². The summed E-state index contributed by atoms with van der Waals surface area (Å²) in [6.45, 7) is 4.64. The van der Waals surface area contributed by atoms with E-state index in [0.717, 1.165) is 74.2 Å². The molecule has 2 fully saturated rings. The summed E-state index contributed by atoms with van der Waals surface area (Å²) < 4.78 is 11.9. The van der Waals surface area contributed by atoms with E-state index in [1.165, 1.54) is 19.3 Å². The molecule has 1 aliphatic carbocycles. The van der Waals surface area contributed by atoms with Crippen molar-refractivity contribution >= 4 is 30.7 Å². The maximum absolute atomic E-state index is 13.0. The number of nitrogens with one attached hydrogen (secondary N) is 1. The number of halogens is 2. The highest BCUT2D eigenvalue weighted by molar-refractivity contribution is 5.93. The average Bonchev–Trinajstić information content (AvgIpc) is 2.92. The topological polar surface area (TPSA) is 76.6 Å². The van der Waals surface area contributed by atoms with E-state index in [-0.39, 0.29) is 36.8 Å². The lowest BCUT2D eigenvalue weighted by atomic mass is 9.94. The van der Waals surface area contributed by atoms with Gasteiger partial charge < -0.3 is 19.7 Å². The zero-order chi connectivity index (χ0) is 25.3. The quantitative estimate of drug-likeness (QED) is 0.395. The van der Waals surface area contributed by atoms with Gasteiger partial charge in [-0.3, -0.25) is 4.79 Å². The van der Waals surface area contributed by atoms with E-state index in [0.29, 0.717) is 24.3 Å². The summed E-state index contributed by atoms with van der Waals surface area (Å²) in [6, 6.07) is 10.1. The lowest BCUT2D eigenvalue weighted by molar-refractivity contribution is -0.00261. The van der Waals surface area contributed by atoms with Crippen molar-refractivity contribution in [3.05, 3.63) is 41.7 Å². The van der Waals surface area contributed by atoms with Gasteiger partial charge >= 0.3 is 0 Å². The smallest absolute Gasteiger partial charge is 0.271 e. The Morgan fingerprint density at radius 2 is 1.82 bits per heavy atom. The summed E-state index contributed by atoms with van der Waals surface area (Å²) >= 11 is 0. The predicted molar refractivity (Wildman–Crippen MR) is 157 cm³/mol. The Hall–Kier alpha value is -1.93. The summed E-state index contributed by atoms with van der Waals surface area (Å²) in [4.78, 5) is 15.3. The number of rotatable bonds is 10. The zero-order valence-corrected chi connectivity index (χ0v) is 24.6. The van der Waals surface area contributed by atoms with Crippen LogP contribution in [0.5, 0.6) is 5.75 Å². The third-order valence-electron chi connectivity index (χ3n) is 7.62. The Bertz CT molecular complexity index is 986. The van der Waals surface area contributed by atoms with Crippen molar-refractivity contribution < 1.29 is 14.3 Å². The molecule has 0 unspecified atom stereocenters. The number of hydrogen-bond acceptors (Lipinski definition) is 6. The monoisotopic (exact) mass is 566 g/mol. The van der Waals surface area contributed by atoms with Crippen LogP contribution in [0.15, 0.2) is 30.3 Å². The number of piperidine rings is 1. The molecule has 1 saturated heterocycles. The number of nitrogens with zero attached hydrogens (tertiary/aromatic N) is 3. The van der Waals surface area contributed by atoms with Crippen LogP contribution in [-0.4, -0.2) is 67.0 Å². The van der Waals surface area contributed by atoms with E-state index in [9.17, 15) is 4.79 Å². The number of carbonyl (C=O) groups excluding carboxylic acids is 1. The number of benzene rings is 1. The number of aromatic nitrogens is 2. The number of carbonyl (C=O) groups is 1. The van der Waals surface area contributed by atoms with E-state index in [4.69, 9.17) is 9.47 Å². The fourth-order valence-electron chi connectivity index (χ4n) is 5.33. The largest absolute Gasteiger partial charge is 0.490 e. The van der Waals surface area contributed by atoms with Crippen molar-refractivity contribution in [1.82, 2.24) is 20.4 Å². The predicted octanol–water partition coefficient (Wildman–Crippen LogP) is 5.74. The van der Waals surface area contributed by atoms with Gasteiger partial charge in [-0.15, -0.1) is 29.9 Å². The van der Waals surface area contributed by atoms with E-state index in [1.54, 1.807) is 7.11 Å². The van der Waals surface area contributed by atoms with Gasteiger partial charge in [0.15, 0.2) is 5.69 Å². The Morgan fingerprint density at radius 3 is 2.50 bits per heavy atom. The number of likely N-dealkylation sites (N-methyl/N-ethyl adjacent to an activating group) is 1. The molecule has 0 bridgehead atoms. The third kappa shape index (κ3) is 8.80. The van der Waals surface area contributed by atoms with E-state index in [1.807, 2.05) is 18.2 Å². The molecular formula is C29H44Cl2N4O3. The van der Waals surface area contributed by atoms with Crippen LogP contribution in [0, 0.1) is 5.92 Å². The van der Waals surface area contributed by atoms with Gasteiger partial charge in [-0.25, -0.2) is 0 Å². The second-order valence-corrected chi connectivity index (χ2v) is 10.4. The first-order valence-corrected chi connectivity index (χ1v) is 13.7. The number of methoxy groups -OCH3 is 1. The summed E-state index contributed by atoms with van der Waals surface area (Å²) in [6.07, 6.45) is 10.5. The maximum atomic E-state index is 13.0. The summed E-state index contributed by atoms with van der Waals surface area (Å²) in [5, 5.41) is 11.9. The number of hydrogen-bond donors (Lipinski definition) is 1. The molecule has 0 spiro atoms. The number of ether oxygens (including phenoxy) is 2. The molecule has 9 heteroatoms. The minimum atomic E-state index is -0.183. The molecule has 7 nitrogen and oxygen atoms in total. The maximum Gasteiger partial charge on any atom is 0.271 e. The molecule has 1 N–H and O–H groups in total. The van der Waals surface area contributed by atoms with Gasteiger partial charge in [-0.2, -0.15) is 5.10 Å². The average molecular weight is 568 g/mol. The van der Waals surface area contributed by atoms with E-state index < -0.39 is 0 Å². The molecule has 1 aliphatic heterocycles. The number of unbranched alkanes of at least 4 members (excludes halogenated alkanes) is 1. The fourth-order valence-corrected chi connectivity index (χ4v) is 5.33. The van der Waals surface area contributed by atoms with Gasteiger partial charge in [0, 0.05) is 31.7 Å². The molecule has 1 aromatic heterocycles. The molecule has 2 aromatic rings. The Morgan fingerprint density at radius 1 is 1.08 bits per heavy atom. The summed E-state index contributed by atoms with van der Waals surface area (Å²) in [7, 11) is 3.85. The van der Waals surface area contributed by atoms with Crippen LogP contribution in [0.4, 0.5) is 0 Å². The third-order valence-corrected chi connectivity index (χ3v) is 7.62. The molecular weight excluding hydrogens is 523 g/mol. The van der Waals surface area contributed by atoms with Crippen molar-refractivity contribution in [3.63, 3.8) is 0 Å². The molecule has 1 aromatic carbocycles. The first kappa shape index (κ1) is 32.3. The zero-order valence-electron chi connectivity index (χ0n) is 23.0. The van der Waals surface area contributed by atoms with Crippen LogP contribution in [-0.2, 0) is 11.2 Å². The number of likely N-dealkylation sites (tertiary alicyclic amines) is 1. The van der Waals surface area contributed by atoms with Crippen molar-refractivity contribution in [3.8, 4) is 16.9 Å². The summed E-state index contributed by atoms with van der Waals surface area (Å²) in [5.41, 5.74) is 3.30. The second-order valence-electron chi connectivity index (χ2n) is 10.4. The number of aryl methyl sites for hydroxylation is 1. The van der Waals surface area contributed by atoms with Crippen LogP contribution in [0.3, 0.4) is 0 Å². The fraction of sp³-hybridized carbons (Fsp3) is 0.621. The lowest BCUT2D eigenvalue weighted by Gasteiger charge is -2.35. The highest BCUT2D eigenvalue weighted by Gasteiger charge is 2.28. The molecule has 1 amide bonds. The van der Waals surface area contributed by atoms with Crippen molar-refractivity contribution in [1.29, 1.82) is 0 Å². The van der Waals surface area contributed by atoms with Crippen LogP contribution >= 0.6 is 24.8 Å². The highest BCUT2D eigenvalue weighted by Crippen LogP contribution is 2.29. The van der Waals surface area contributed by atoms with Gasteiger partial charge in [0.1, 0.15) is 5.75 Å². The Labute approximate surface area is 240 Å². The van der Waals surface area contributed by atoms with Crippen LogP contribution < -0.4 is 10.1 Å². The van der Waals surface area contributed by atoms with Gasteiger partial charge in [-0.1, -0.05) is 31.9 Å².